The predicted octanol–water partition coefficient (Wildman–Crippen LogP) is 1.56. The second-order valence-electron chi connectivity index (χ2n) is 6.66. The molecule has 0 aliphatic carbocycles. The molecule has 4 heteroatoms. The number of nitrogens with zero attached hydrogens (tertiary/aromatic N) is 2. The zero-order chi connectivity index (χ0) is 15.0. The molecule has 1 amide bonds. The summed E-state index contributed by atoms with van der Waals surface area (Å²) in [4.78, 5) is 17.1. The monoisotopic (exact) mass is 287 g/mol. The third kappa shape index (κ3) is 2.97. The van der Waals surface area contributed by atoms with Crippen LogP contribution in [0.5, 0.6) is 0 Å². The fraction of sp³-hybridized carbons (Fsp3) is 0.588. The molecule has 2 saturated heterocycles. The number of rotatable bonds is 3. The molecular formula is C17H25N3O. The zero-order valence-corrected chi connectivity index (χ0v) is 13.2. The fourth-order valence-electron chi connectivity index (χ4n) is 3.65. The van der Waals surface area contributed by atoms with Crippen LogP contribution in [0.3, 0.4) is 0 Å². The normalized spacial score (nSPS) is 26.2. The lowest BCUT2D eigenvalue weighted by Gasteiger charge is -2.37. The summed E-state index contributed by atoms with van der Waals surface area (Å²) in [7, 11) is 3.98. The number of carbonyl (C=O) groups is 1. The maximum Gasteiger partial charge on any atom is 0.244 e. The summed E-state index contributed by atoms with van der Waals surface area (Å²) in [5.74, 6) is 0.240. The Morgan fingerprint density at radius 2 is 1.95 bits per heavy atom. The molecule has 0 radical (unpaired) electrons. The SMILES string of the molecule is Cc1cccc([C@H](C(=O)N2C[C@H]3CC[C@@H](C2)N3)N(C)C)c1. The van der Waals surface area contributed by atoms with Gasteiger partial charge in [-0.3, -0.25) is 9.69 Å². The number of hydrogen-bond acceptors (Lipinski definition) is 3. The molecule has 4 nitrogen and oxygen atoms in total. The molecule has 1 N–H and O–H groups in total. The van der Waals surface area contributed by atoms with Gasteiger partial charge in [0.15, 0.2) is 0 Å². The van der Waals surface area contributed by atoms with Crippen LogP contribution in [0.2, 0.25) is 0 Å². The Labute approximate surface area is 127 Å². The van der Waals surface area contributed by atoms with Crippen LogP contribution >= 0.6 is 0 Å². The number of benzene rings is 1. The minimum Gasteiger partial charge on any atom is -0.338 e. The maximum atomic E-state index is 13.0. The van der Waals surface area contributed by atoms with Gasteiger partial charge in [0.05, 0.1) is 0 Å². The highest BCUT2D eigenvalue weighted by Gasteiger charge is 2.37. The Morgan fingerprint density at radius 3 is 2.52 bits per heavy atom. The van der Waals surface area contributed by atoms with Crippen LogP contribution in [0.25, 0.3) is 0 Å². The van der Waals surface area contributed by atoms with E-state index in [0.717, 1.165) is 18.7 Å². The van der Waals surface area contributed by atoms with Gasteiger partial charge in [0.1, 0.15) is 6.04 Å². The molecule has 1 aromatic rings. The molecule has 0 saturated carbocycles. The fourth-order valence-corrected chi connectivity index (χ4v) is 3.65. The van der Waals surface area contributed by atoms with E-state index in [4.69, 9.17) is 0 Å². The van der Waals surface area contributed by atoms with Crippen LogP contribution in [0, 0.1) is 6.92 Å². The molecule has 2 aliphatic heterocycles. The first-order chi connectivity index (χ1) is 10.0. The highest BCUT2D eigenvalue weighted by molar-refractivity contribution is 5.83. The molecule has 3 rings (SSSR count). The first kappa shape index (κ1) is 14.5. The van der Waals surface area contributed by atoms with E-state index in [2.05, 4.69) is 35.3 Å². The second kappa shape index (κ2) is 5.78. The lowest BCUT2D eigenvalue weighted by Crippen LogP contribution is -2.55. The first-order valence-corrected chi connectivity index (χ1v) is 7.82. The highest BCUT2D eigenvalue weighted by atomic mass is 16.2. The Bertz CT molecular complexity index is 517. The van der Waals surface area contributed by atoms with Crippen LogP contribution in [-0.2, 0) is 4.79 Å². The van der Waals surface area contributed by atoms with Gasteiger partial charge in [-0.1, -0.05) is 29.8 Å². The van der Waals surface area contributed by atoms with Crippen molar-refractivity contribution in [2.75, 3.05) is 27.2 Å². The average molecular weight is 287 g/mol. The van der Waals surface area contributed by atoms with E-state index in [0.29, 0.717) is 12.1 Å². The molecule has 3 atom stereocenters. The quantitative estimate of drug-likeness (QED) is 0.916. The highest BCUT2D eigenvalue weighted by Crippen LogP contribution is 2.26. The lowest BCUT2D eigenvalue weighted by atomic mass is 10.0. The van der Waals surface area contributed by atoms with E-state index in [-0.39, 0.29) is 11.9 Å². The summed E-state index contributed by atoms with van der Waals surface area (Å²) in [6.07, 6.45) is 2.40. The molecule has 0 spiro atoms. The van der Waals surface area contributed by atoms with Crippen molar-refractivity contribution in [3.05, 3.63) is 35.4 Å². The summed E-state index contributed by atoms with van der Waals surface area (Å²) in [5.41, 5.74) is 2.29. The van der Waals surface area contributed by atoms with Crippen molar-refractivity contribution < 1.29 is 4.79 Å². The van der Waals surface area contributed by atoms with Crippen LogP contribution in [0.1, 0.15) is 30.0 Å². The van der Waals surface area contributed by atoms with Crippen LogP contribution < -0.4 is 5.32 Å². The minimum atomic E-state index is -0.178. The van der Waals surface area contributed by atoms with Crippen LogP contribution in [0.15, 0.2) is 24.3 Å². The van der Waals surface area contributed by atoms with Crippen molar-refractivity contribution in [1.29, 1.82) is 0 Å². The number of carbonyl (C=O) groups excluding carboxylic acids is 1. The van der Waals surface area contributed by atoms with Crippen molar-refractivity contribution in [2.45, 2.75) is 37.9 Å². The lowest BCUT2D eigenvalue weighted by molar-refractivity contribution is -0.137. The van der Waals surface area contributed by atoms with Crippen LogP contribution in [-0.4, -0.2) is 55.0 Å². The van der Waals surface area contributed by atoms with E-state index in [1.165, 1.54) is 18.4 Å². The number of hydrogen-bond donors (Lipinski definition) is 1. The van der Waals surface area contributed by atoms with E-state index in [1.54, 1.807) is 0 Å². The number of amides is 1. The van der Waals surface area contributed by atoms with E-state index in [9.17, 15) is 4.79 Å². The maximum absolute atomic E-state index is 13.0. The number of aryl methyl sites for hydroxylation is 1. The van der Waals surface area contributed by atoms with E-state index >= 15 is 0 Å². The number of likely N-dealkylation sites (N-methyl/N-ethyl adjacent to an activating group) is 1. The number of nitrogens with one attached hydrogen (secondary N) is 1. The standard InChI is InChI=1S/C17H25N3O/c1-12-5-4-6-13(9-12)16(19(2)3)17(21)20-10-14-7-8-15(11-20)18-14/h4-6,9,14-16,18H,7-8,10-11H2,1-3H3/t14-,15+,16-/m1/s1. The Hall–Kier alpha value is -1.39. The topological polar surface area (TPSA) is 35.6 Å². The van der Waals surface area contributed by atoms with Gasteiger partial charge >= 0.3 is 0 Å². The molecule has 2 heterocycles. The third-order valence-electron chi connectivity index (χ3n) is 4.64. The molecule has 2 bridgehead atoms. The molecule has 2 fully saturated rings. The van der Waals surface area contributed by atoms with Crippen molar-refractivity contribution in [3.8, 4) is 0 Å². The molecular weight excluding hydrogens is 262 g/mol. The van der Waals surface area contributed by atoms with Gasteiger partial charge in [0.2, 0.25) is 5.91 Å². The molecule has 0 unspecified atom stereocenters. The summed E-state index contributed by atoms with van der Waals surface area (Å²) >= 11 is 0. The van der Waals surface area contributed by atoms with Gasteiger partial charge in [0, 0.05) is 25.2 Å². The van der Waals surface area contributed by atoms with Crippen molar-refractivity contribution in [3.63, 3.8) is 0 Å². The zero-order valence-electron chi connectivity index (χ0n) is 13.2. The van der Waals surface area contributed by atoms with Gasteiger partial charge in [-0.2, -0.15) is 0 Å². The smallest absolute Gasteiger partial charge is 0.244 e. The van der Waals surface area contributed by atoms with E-state index < -0.39 is 0 Å². The van der Waals surface area contributed by atoms with Crippen molar-refractivity contribution >= 4 is 5.91 Å². The summed E-state index contributed by atoms with van der Waals surface area (Å²) < 4.78 is 0. The molecule has 21 heavy (non-hydrogen) atoms. The second-order valence-corrected chi connectivity index (χ2v) is 6.66. The largest absolute Gasteiger partial charge is 0.338 e. The van der Waals surface area contributed by atoms with Crippen LogP contribution in [0.4, 0.5) is 0 Å². The number of piperazine rings is 1. The van der Waals surface area contributed by atoms with Crippen molar-refractivity contribution in [2.24, 2.45) is 0 Å². The summed E-state index contributed by atoms with van der Waals surface area (Å²) in [5, 5.41) is 3.58. The summed E-state index contributed by atoms with van der Waals surface area (Å²) in [6, 6.07) is 9.11. The van der Waals surface area contributed by atoms with Gasteiger partial charge in [-0.15, -0.1) is 0 Å². The van der Waals surface area contributed by atoms with Gasteiger partial charge < -0.3 is 10.2 Å². The van der Waals surface area contributed by atoms with E-state index in [1.807, 2.05) is 25.1 Å². The Morgan fingerprint density at radius 1 is 1.29 bits per heavy atom. The minimum absolute atomic E-state index is 0.178. The summed E-state index contributed by atoms with van der Waals surface area (Å²) in [6.45, 7) is 3.78. The molecule has 0 aromatic heterocycles. The van der Waals surface area contributed by atoms with Gasteiger partial charge in [0.25, 0.3) is 0 Å². The van der Waals surface area contributed by atoms with Crippen molar-refractivity contribution in [1.82, 2.24) is 15.1 Å². The Kier molecular flexibility index (Phi) is 4.00. The predicted molar refractivity (Wildman–Crippen MR) is 84.1 cm³/mol. The molecule has 114 valence electrons. The Balaban J connectivity index is 1.82. The average Bonchev–Trinajstić information content (AvgIpc) is 2.77. The molecule has 2 aliphatic rings. The number of fused-ring (bicyclic) bond motifs is 2. The van der Waals surface area contributed by atoms with Gasteiger partial charge in [-0.25, -0.2) is 0 Å². The number of likely N-dealkylation sites (tertiary alicyclic amines) is 1. The first-order valence-electron chi connectivity index (χ1n) is 7.82. The third-order valence-corrected chi connectivity index (χ3v) is 4.64. The van der Waals surface area contributed by atoms with Gasteiger partial charge in [-0.05, 0) is 39.4 Å². The molecule has 1 aromatic carbocycles.